The van der Waals surface area contributed by atoms with Gasteiger partial charge in [0.15, 0.2) is 16.0 Å². The summed E-state index contributed by atoms with van der Waals surface area (Å²) in [7, 11) is 1.61. The highest BCUT2D eigenvalue weighted by Gasteiger charge is 2.08. The molecule has 3 rings (SSSR count). The number of halogens is 1. The van der Waals surface area contributed by atoms with Crippen LogP contribution in [0.1, 0.15) is 4.88 Å². The number of hydrogen-bond donors (Lipinski definition) is 1. The summed E-state index contributed by atoms with van der Waals surface area (Å²) in [6.45, 7) is 0.649. The molecule has 0 amide bonds. The molecular formula is C16H14ClN3O2S. The van der Waals surface area contributed by atoms with E-state index in [1.165, 1.54) is 11.3 Å². The minimum atomic E-state index is 0.541. The lowest BCUT2D eigenvalue weighted by Crippen LogP contribution is -1.98. The summed E-state index contributed by atoms with van der Waals surface area (Å²) in [6, 6.07) is 9.32. The van der Waals surface area contributed by atoms with Crippen LogP contribution >= 0.6 is 22.9 Å². The van der Waals surface area contributed by atoms with Gasteiger partial charge in [-0.25, -0.2) is 4.98 Å². The van der Waals surface area contributed by atoms with E-state index in [0.717, 1.165) is 10.6 Å². The molecule has 0 aliphatic heterocycles. The molecule has 0 atom stereocenters. The van der Waals surface area contributed by atoms with Gasteiger partial charge in [0.25, 0.3) is 0 Å². The number of nitrogens with zero attached hydrogens (tertiary/aromatic N) is 2. The molecule has 3 aromatic rings. The van der Waals surface area contributed by atoms with Crippen molar-refractivity contribution in [3.63, 3.8) is 0 Å². The van der Waals surface area contributed by atoms with Crippen LogP contribution < -0.4 is 14.8 Å². The van der Waals surface area contributed by atoms with E-state index >= 15 is 0 Å². The van der Waals surface area contributed by atoms with Gasteiger partial charge in [0.1, 0.15) is 5.75 Å². The number of aromatic nitrogens is 2. The molecule has 118 valence electrons. The first-order valence-corrected chi connectivity index (χ1v) is 8.04. The molecule has 0 unspecified atom stereocenters. The number of pyridine rings is 1. The van der Waals surface area contributed by atoms with Gasteiger partial charge in [-0.3, -0.25) is 4.98 Å². The van der Waals surface area contributed by atoms with Crippen LogP contribution in [0.5, 0.6) is 17.2 Å². The Morgan fingerprint density at radius 3 is 2.83 bits per heavy atom. The van der Waals surface area contributed by atoms with Gasteiger partial charge in [0.05, 0.1) is 19.9 Å². The minimum Gasteiger partial charge on any atom is -0.493 e. The number of methoxy groups -OCH3 is 1. The van der Waals surface area contributed by atoms with Gasteiger partial charge >= 0.3 is 0 Å². The van der Waals surface area contributed by atoms with E-state index < -0.39 is 0 Å². The van der Waals surface area contributed by atoms with Crippen molar-refractivity contribution in [2.75, 3.05) is 12.4 Å². The average Bonchev–Trinajstić information content (AvgIpc) is 3.00. The molecule has 2 heterocycles. The zero-order valence-corrected chi connectivity index (χ0v) is 13.9. The van der Waals surface area contributed by atoms with Gasteiger partial charge in [-0.1, -0.05) is 11.6 Å². The smallest absolute Gasteiger partial charge is 0.183 e. The van der Waals surface area contributed by atoms with Crippen molar-refractivity contribution in [3.05, 3.63) is 58.3 Å². The summed E-state index contributed by atoms with van der Waals surface area (Å²) >= 11 is 7.28. The second-order valence-corrected chi connectivity index (χ2v) is 6.29. The van der Waals surface area contributed by atoms with E-state index in [9.17, 15) is 0 Å². The van der Waals surface area contributed by atoms with E-state index in [4.69, 9.17) is 21.1 Å². The molecule has 1 N–H and O–H groups in total. The Labute approximate surface area is 142 Å². The summed E-state index contributed by atoms with van der Waals surface area (Å²) < 4.78 is 11.7. The van der Waals surface area contributed by atoms with Crippen LogP contribution in [-0.4, -0.2) is 17.1 Å². The highest BCUT2D eigenvalue weighted by Crippen LogP contribution is 2.33. The number of ether oxygens (including phenoxy) is 2. The lowest BCUT2D eigenvalue weighted by molar-refractivity contribution is 0.378. The fraction of sp³-hybridized carbons (Fsp3) is 0.125. The van der Waals surface area contributed by atoms with Crippen LogP contribution in [-0.2, 0) is 6.54 Å². The molecule has 0 fully saturated rings. The fourth-order valence-corrected chi connectivity index (χ4v) is 2.87. The number of benzene rings is 1. The van der Waals surface area contributed by atoms with Gasteiger partial charge in [-0.05, 0) is 24.3 Å². The van der Waals surface area contributed by atoms with Crippen molar-refractivity contribution in [3.8, 4) is 17.2 Å². The summed E-state index contributed by atoms with van der Waals surface area (Å²) in [4.78, 5) is 9.10. The van der Waals surface area contributed by atoms with E-state index in [1.54, 1.807) is 25.7 Å². The lowest BCUT2D eigenvalue weighted by Gasteiger charge is -2.12. The third-order valence-corrected chi connectivity index (χ3v) is 4.13. The number of rotatable bonds is 6. The third kappa shape index (κ3) is 4.12. The van der Waals surface area contributed by atoms with Gasteiger partial charge in [-0.2, -0.15) is 0 Å². The van der Waals surface area contributed by atoms with E-state index in [-0.39, 0.29) is 0 Å². The van der Waals surface area contributed by atoms with E-state index in [1.807, 2.05) is 30.3 Å². The third-order valence-electron chi connectivity index (χ3n) is 3.02. The molecular weight excluding hydrogens is 334 g/mol. The van der Waals surface area contributed by atoms with Gasteiger partial charge in [0.2, 0.25) is 0 Å². The molecule has 0 bridgehead atoms. The first-order valence-electron chi connectivity index (χ1n) is 6.84. The predicted octanol–water partition coefficient (Wildman–Crippen LogP) is 4.60. The zero-order chi connectivity index (χ0) is 16.1. The number of nitrogens with one attached hydrogen (secondary N) is 1. The van der Waals surface area contributed by atoms with Crippen molar-refractivity contribution in [1.82, 2.24) is 9.97 Å². The fourth-order valence-electron chi connectivity index (χ4n) is 1.95. The van der Waals surface area contributed by atoms with Crippen LogP contribution in [0.4, 0.5) is 5.69 Å². The molecule has 5 nitrogen and oxygen atoms in total. The van der Waals surface area contributed by atoms with Crippen molar-refractivity contribution < 1.29 is 9.47 Å². The molecule has 0 saturated heterocycles. The van der Waals surface area contributed by atoms with Crippen molar-refractivity contribution in [1.29, 1.82) is 0 Å². The van der Waals surface area contributed by atoms with Crippen LogP contribution in [0.2, 0.25) is 4.47 Å². The number of anilines is 1. The Morgan fingerprint density at radius 1 is 1.22 bits per heavy atom. The highest BCUT2D eigenvalue weighted by atomic mass is 35.5. The highest BCUT2D eigenvalue weighted by molar-refractivity contribution is 7.15. The standard InChI is InChI=1S/C16H14ClN3O2S/c1-21-15-7-11(19-9-13-10-20-16(17)23-13)4-5-14(15)22-12-3-2-6-18-8-12/h2-8,10,19H,9H2,1H3. The summed E-state index contributed by atoms with van der Waals surface area (Å²) in [5.41, 5.74) is 0.921. The molecule has 1 aromatic carbocycles. The molecule has 0 saturated carbocycles. The van der Waals surface area contributed by atoms with Gasteiger partial charge in [0, 0.05) is 29.0 Å². The van der Waals surface area contributed by atoms with Crippen molar-refractivity contribution in [2.45, 2.75) is 6.54 Å². The normalized spacial score (nSPS) is 10.3. The number of thiazole rings is 1. The van der Waals surface area contributed by atoms with Crippen molar-refractivity contribution >= 4 is 28.6 Å². The second-order valence-electron chi connectivity index (χ2n) is 4.59. The monoisotopic (exact) mass is 347 g/mol. The SMILES string of the molecule is COc1cc(NCc2cnc(Cl)s2)ccc1Oc1cccnc1. The van der Waals surface area contributed by atoms with Gasteiger partial charge < -0.3 is 14.8 Å². The zero-order valence-electron chi connectivity index (χ0n) is 12.3. The quantitative estimate of drug-likeness (QED) is 0.706. The van der Waals surface area contributed by atoms with E-state index in [2.05, 4.69) is 15.3 Å². The maximum absolute atomic E-state index is 5.83. The summed E-state index contributed by atoms with van der Waals surface area (Å²) in [5.74, 6) is 1.93. The van der Waals surface area contributed by atoms with Crippen molar-refractivity contribution in [2.24, 2.45) is 0 Å². The topological polar surface area (TPSA) is 56.3 Å². The predicted molar refractivity (Wildman–Crippen MR) is 91.8 cm³/mol. The molecule has 0 aliphatic rings. The maximum atomic E-state index is 5.83. The second kappa shape index (κ2) is 7.30. The van der Waals surface area contributed by atoms with Gasteiger partial charge in [-0.15, -0.1) is 11.3 Å². The first-order chi connectivity index (χ1) is 11.2. The molecule has 2 aromatic heterocycles. The minimum absolute atomic E-state index is 0.541. The van der Waals surface area contributed by atoms with Crippen LogP contribution in [0.3, 0.4) is 0 Å². The van der Waals surface area contributed by atoms with E-state index in [0.29, 0.717) is 28.3 Å². The number of hydrogen-bond acceptors (Lipinski definition) is 6. The summed E-state index contributed by atoms with van der Waals surface area (Å²) in [5, 5.41) is 3.30. The molecule has 7 heteroatoms. The molecule has 0 spiro atoms. The van der Waals surface area contributed by atoms with Crippen LogP contribution in [0.15, 0.2) is 48.9 Å². The first kappa shape index (κ1) is 15.6. The van der Waals surface area contributed by atoms with Crippen LogP contribution in [0, 0.1) is 0 Å². The maximum Gasteiger partial charge on any atom is 0.183 e. The Hall–Kier alpha value is -2.31. The summed E-state index contributed by atoms with van der Waals surface area (Å²) in [6.07, 6.45) is 5.11. The average molecular weight is 348 g/mol. The molecule has 0 aliphatic carbocycles. The Kier molecular flexibility index (Phi) is 4.95. The lowest BCUT2D eigenvalue weighted by atomic mass is 10.2. The Bertz CT molecular complexity index is 780. The Morgan fingerprint density at radius 2 is 2.13 bits per heavy atom. The molecule has 23 heavy (non-hydrogen) atoms. The largest absolute Gasteiger partial charge is 0.493 e. The molecule has 0 radical (unpaired) electrons. The Balaban J connectivity index is 1.71. The van der Waals surface area contributed by atoms with Crippen LogP contribution in [0.25, 0.3) is 0 Å².